The predicted octanol–water partition coefficient (Wildman–Crippen LogP) is 0.821. The highest BCUT2D eigenvalue weighted by Gasteiger charge is 2.27. The van der Waals surface area contributed by atoms with Crippen LogP contribution in [0.2, 0.25) is 0 Å². The number of phenols is 1. The Morgan fingerprint density at radius 3 is 2.68 bits per heavy atom. The number of hydrazine groups is 2. The number of aromatic hydroxyl groups is 1. The van der Waals surface area contributed by atoms with Gasteiger partial charge in [0.05, 0.1) is 0 Å². The number of nitrogens with one attached hydrogen (secondary N) is 2. The van der Waals surface area contributed by atoms with Gasteiger partial charge in [0.15, 0.2) is 5.82 Å². The normalized spacial score (nSPS) is 20.5. The van der Waals surface area contributed by atoms with Crippen LogP contribution in [0.4, 0.5) is 14.5 Å². The molecule has 1 amide bonds. The highest BCUT2D eigenvalue weighted by molar-refractivity contribution is 5.84. The molecule has 0 radical (unpaired) electrons. The van der Waals surface area contributed by atoms with E-state index >= 15 is 0 Å². The van der Waals surface area contributed by atoms with Crippen LogP contribution in [-0.2, 0) is 11.3 Å². The maximum absolute atomic E-state index is 14.7. The van der Waals surface area contributed by atoms with Crippen molar-refractivity contribution >= 4 is 11.6 Å². The molecule has 1 aromatic carbocycles. The van der Waals surface area contributed by atoms with Gasteiger partial charge in [-0.15, -0.1) is 5.53 Å². The molecule has 0 unspecified atom stereocenters. The first-order chi connectivity index (χ1) is 10.5. The van der Waals surface area contributed by atoms with Gasteiger partial charge in [0.1, 0.15) is 24.2 Å². The van der Waals surface area contributed by atoms with Crippen LogP contribution in [0.5, 0.6) is 5.75 Å². The van der Waals surface area contributed by atoms with Crippen molar-refractivity contribution in [2.24, 2.45) is 0 Å². The first-order valence-corrected chi connectivity index (χ1v) is 7.23. The number of nitrogens with zero attached hydrogens (tertiary/aromatic N) is 2. The zero-order chi connectivity index (χ0) is 15.7. The average Bonchev–Trinajstić information content (AvgIpc) is 2.91. The second-order valence-corrected chi connectivity index (χ2v) is 5.60. The highest BCUT2D eigenvalue weighted by Crippen LogP contribution is 2.33. The summed E-state index contributed by atoms with van der Waals surface area (Å²) < 4.78 is 27.8. The number of phenolic OH excluding ortho intramolecular Hbond substituents is 1. The van der Waals surface area contributed by atoms with Gasteiger partial charge in [0, 0.05) is 25.2 Å². The van der Waals surface area contributed by atoms with Crippen molar-refractivity contribution in [1.82, 2.24) is 15.9 Å². The second kappa shape index (κ2) is 6.05. The van der Waals surface area contributed by atoms with E-state index in [9.17, 15) is 18.7 Å². The molecule has 3 N–H and O–H groups in total. The lowest BCUT2D eigenvalue weighted by molar-refractivity contribution is -0.118. The van der Waals surface area contributed by atoms with Gasteiger partial charge in [0.2, 0.25) is 0 Å². The summed E-state index contributed by atoms with van der Waals surface area (Å²) >= 11 is 0. The van der Waals surface area contributed by atoms with Gasteiger partial charge in [-0.2, -0.15) is 0 Å². The Kier molecular flexibility index (Phi) is 4.12. The van der Waals surface area contributed by atoms with Crippen LogP contribution >= 0.6 is 0 Å². The molecule has 0 saturated carbocycles. The first-order valence-electron chi connectivity index (χ1n) is 7.23. The lowest BCUT2D eigenvalue weighted by Crippen LogP contribution is -2.37. The number of piperidine rings is 1. The fourth-order valence-corrected chi connectivity index (χ4v) is 2.76. The predicted molar refractivity (Wildman–Crippen MR) is 76.1 cm³/mol. The van der Waals surface area contributed by atoms with Crippen molar-refractivity contribution in [3.63, 3.8) is 0 Å². The number of rotatable bonds is 3. The van der Waals surface area contributed by atoms with E-state index < -0.39 is 12.0 Å². The molecule has 0 aromatic heterocycles. The molecule has 0 bridgehead atoms. The minimum Gasteiger partial charge on any atom is -0.506 e. The molecular formula is C14H18F2N4O2. The van der Waals surface area contributed by atoms with Crippen molar-refractivity contribution in [3.8, 4) is 5.75 Å². The first kappa shape index (κ1) is 15.0. The van der Waals surface area contributed by atoms with Crippen LogP contribution in [0.15, 0.2) is 12.1 Å². The molecule has 0 aliphatic carbocycles. The van der Waals surface area contributed by atoms with Gasteiger partial charge in [-0.1, -0.05) is 6.07 Å². The van der Waals surface area contributed by atoms with E-state index in [-0.39, 0.29) is 23.9 Å². The molecule has 120 valence electrons. The van der Waals surface area contributed by atoms with E-state index in [1.807, 2.05) is 4.90 Å². The van der Waals surface area contributed by atoms with E-state index in [1.54, 1.807) is 0 Å². The monoisotopic (exact) mass is 312 g/mol. The molecule has 0 atom stereocenters. The molecular weight excluding hydrogens is 294 g/mol. The van der Waals surface area contributed by atoms with E-state index in [0.717, 1.165) is 0 Å². The van der Waals surface area contributed by atoms with Crippen molar-refractivity contribution in [1.29, 1.82) is 0 Å². The third kappa shape index (κ3) is 2.97. The number of hydrogen-bond donors (Lipinski definition) is 3. The van der Waals surface area contributed by atoms with Crippen LogP contribution in [0.1, 0.15) is 18.4 Å². The Labute approximate surface area is 126 Å². The summed E-state index contributed by atoms with van der Waals surface area (Å²) in [7, 11) is 0. The van der Waals surface area contributed by atoms with Crippen molar-refractivity contribution in [2.45, 2.75) is 25.6 Å². The Balaban J connectivity index is 1.79. The lowest BCUT2D eigenvalue weighted by atomic mass is 10.1. The molecule has 2 fully saturated rings. The van der Waals surface area contributed by atoms with Crippen molar-refractivity contribution in [3.05, 3.63) is 23.5 Å². The van der Waals surface area contributed by atoms with Crippen LogP contribution in [0, 0.1) is 5.82 Å². The Morgan fingerprint density at radius 2 is 2.05 bits per heavy atom. The average molecular weight is 312 g/mol. The van der Waals surface area contributed by atoms with Crippen LogP contribution in [0.25, 0.3) is 0 Å². The summed E-state index contributed by atoms with van der Waals surface area (Å²) in [5.41, 5.74) is 5.20. The number of benzene rings is 1. The molecule has 2 aliphatic rings. The van der Waals surface area contributed by atoms with Gasteiger partial charge < -0.3 is 5.11 Å². The third-order valence-corrected chi connectivity index (χ3v) is 3.99. The molecule has 6 nitrogen and oxygen atoms in total. The third-order valence-electron chi connectivity index (χ3n) is 3.99. The summed E-state index contributed by atoms with van der Waals surface area (Å²) in [4.78, 5) is 13.2. The number of anilines is 1. The van der Waals surface area contributed by atoms with Crippen LogP contribution in [0.3, 0.4) is 0 Å². The minimum absolute atomic E-state index is 0.0590. The quantitative estimate of drug-likeness (QED) is 0.771. The van der Waals surface area contributed by atoms with Gasteiger partial charge in [0.25, 0.3) is 5.91 Å². The SMILES string of the molecule is O=C1CN(c2c(O)ccc(CN3CCC(F)CC3)c2F)NN1. The topological polar surface area (TPSA) is 67.8 Å². The number of carbonyl (C=O) groups excluding carboxylic acids is 1. The van der Waals surface area contributed by atoms with E-state index in [0.29, 0.717) is 38.0 Å². The molecule has 2 saturated heterocycles. The number of amides is 1. The molecule has 8 heteroatoms. The number of likely N-dealkylation sites (tertiary alicyclic amines) is 1. The zero-order valence-corrected chi connectivity index (χ0v) is 12.0. The summed E-state index contributed by atoms with van der Waals surface area (Å²) in [6.45, 7) is 1.43. The maximum atomic E-state index is 14.7. The summed E-state index contributed by atoms with van der Waals surface area (Å²) in [5, 5.41) is 11.1. The fraction of sp³-hybridized carbons (Fsp3) is 0.500. The Morgan fingerprint density at radius 1 is 1.32 bits per heavy atom. The standard InChI is InChI=1S/C14H18F2N4O2/c15-10-3-5-19(6-4-10)7-9-1-2-11(21)14(13(9)16)20-8-12(22)17-18-20/h1-2,10,18,21H,3-8H2,(H,17,22). The van der Waals surface area contributed by atoms with Gasteiger partial charge in [-0.3, -0.25) is 20.1 Å². The second-order valence-electron chi connectivity index (χ2n) is 5.60. The summed E-state index contributed by atoms with van der Waals surface area (Å²) in [6.07, 6.45) is 0.138. The Bertz CT molecular complexity index is 576. The molecule has 2 aliphatic heterocycles. The largest absolute Gasteiger partial charge is 0.506 e. The lowest BCUT2D eigenvalue weighted by Gasteiger charge is -2.29. The number of hydrogen-bond acceptors (Lipinski definition) is 5. The van der Waals surface area contributed by atoms with Crippen molar-refractivity contribution < 1.29 is 18.7 Å². The smallest absolute Gasteiger partial charge is 0.256 e. The van der Waals surface area contributed by atoms with Crippen molar-refractivity contribution in [2.75, 3.05) is 24.6 Å². The van der Waals surface area contributed by atoms with Gasteiger partial charge >= 0.3 is 0 Å². The van der Waals surface area contributed by atoms with Crippen LogP contribution < -0.4 is 16.0 Å². The highest BCUT2D eigenvalue weighted by atomic mass is 19.1. The van der Waals surface area contributed by atoms with Crippen LogP contribution in [-0.4, -0.2) is 41.7 Å². The van der Waals surface area contributed by atoms with Gasteiger partial charge in [-0.25, -0.2) is 8.78 Å². The summed E-state index contributed by atoms with van der Waals surface area (Å²) in [5.74, 6) is -1.13. The maximum Gasteiger partial charge on any atom is 0.256 e. The molecule has 3 rings (SSSR count). The molecule has 0 spiro atoms. The molecule has 22 heavy (non-hydrogen) atoms. The van der Waals surface area contributed by atoms with Gasteiger partial charge in [-0.05, 0) is 18.9 Å². The minimum atomic E-state index is -0.776. The van der Waals surface area contributed by atoms with E-state index in [4.69, 9.17) is 0 Å². The molecule has 1 aromatic rings. The van der Waals surface area contributed by atoms with E-state index in [1.165, 1.54) is 17.1 Å². The molecule has 2 heterocycles. The Hall–Kier alpha value is -1.93. The zero-order valence-electron chi connectivity index (χ0n) is 12.0. The number of carbonyl (C=O) groups is 1. The van der Waals surface area contributed by atoms with E-state index in [2.05, 4.69) is 11.0 Å². The summed E-state index contributed by atoms with van der Waals surface area (Å²) in [6, 6.07) is 2.92. The fourth-order valence-electron chi connectivity index (χ4n) is 2.76. The number of halogens is 2. The number of alkyl halides is 1.